The first-order valence-electron chi connectivity index (χ1n) is 6.81. The highest BCUT2D eigenvalue weighted by atomic mass is 79.9. The average Bonchev–Trinajstić information content (AvgIpc) is 2.77. The molecule has 21 heavy (non-hydrogen) atoms. The van der Waals surface area contributed by atoms with Gasteiger partial charge in [-0.25, -0.2) is 13.1 Å². The van der Waals surface area contributed by atoms with Crippen LogP contribution in [0.1, 0.15) is 18.4 Å². The highest BCUT2D eigenvalue weighted by Gasteiger charge is 2.27. The van der Waals surface area contributed by atoms with Crippen molar-refractivity contribution in [1.82, 2.24) is 10.0 Å². The SMILES string of the molecule is O=C1Cc2cc(S(=O)(=O)NC3CCCNC3)c(Br)cc2N1. The first kappa shape index (κ1) is 15.0. The maximum Gasteiger partial charge on any atom is 0.241 e. The van der Waals surface area contributed by atoms with Crippen molar-refractivity contribution in [2.24, 2.45) is 0 Å². The molecule has 2 aliphatic heterocycles. The number of anilines is 1. The van der Waals surface area contributed by atoms with Crippen LogP contribution in [0.3, 0.4) is 0 Å². The van der Waals surface area contributed by atoms with Crippen molar-refractivity contribution >= 4 is 37.5 Å². The second-order valence-electron chi connectivity index (χ2n) is 5.33. The van der Waals surface area contributed by atoms with Gasteiger partial charge in [-0.05, 0) is 53.0 Å². The van der Waals surface area contributed by atoms with Crippen molar-refractivity contribution in [3.05, 3.63) is 22.2 Å². The molecule has 1 amide bonds. The lowest BCUT2D eigenvalue weighted by Crippen LogP contribution is -2.45. The van der Waals surface area contributed by atoms with Gasteiger partial charge in [-0.2, -0.15) is 0 Å². The van der Waals surface area contributed by atoms with E-state index in [1.807, 2.05) is 0 Å². The van der Waals surface area contributed by atoms with Crippen molar-refractivity contribution in [2.75, 3.05) is 18.4 Å². The van der Waals surface area contributed by atoms with E-state index in [9.17, 15) is 13.2 Å². The molecule has 2 aliphatic rings. The number of hydrogen-bond acceptors (Lipinski definition) is 4. The van der Waals surface area contributed by atoms with Gasteiger partial charge in [-0.1, -0.05) is 0 Å². The fourth-order valence-electron chi connectivity index (χ4n) is 2.67. The van der Waals surface area contributed by atoms with Gasteiger partial charge in [0.05, 0.1) is 11.3 Å². The lowest BCUT2D eigenvalue weighted by atomic mass is 10.1. The molecule has 1 aromatic carbocycles. The number of amides is 1. The van der Waals surface area contributed by atoms with Crippen molar-refractivity contribution < 1.29 is 13.2 Å². The third-order valence-corrected chi connectivity index (χ3v) is 6.17. The molecule has 0 aliphatic carbocycles. The molecule has 0 aromatic heterocycles. The van der Waals surface area contributed by atoms with E-state index >= 15 is 0 Å². The minimum atomic E-state index is -3.61. The van der Waals surface area contributed by atoms with Crippen LogP contribution >= 0.6 is 15.9 Å². The summed E-state index contributed by atoms with van der Waals surface area (Å²) >= 11 is 3.28. The molecule has 114 valence electrons. The predicted octanol–water partition coefficient (Wildman–Crippen LogP) is 0.974. The van der Waals surface area contributed by atoms with Crippen LogP contribution in [0.25, 0.3) is 0 Å². The van der Waals surface area contributed by atoms with E-state index < -0.39 is 10.0 Å². The Kier molecular flexibility index (Phi) is 4.04. The highest BCUT2D eigenvalue weighted by Crippen LogP contribution is 2.32. The Labute approximate surface area is 131 Å². The van der Waals surface area contributed by atoms with Crippen LogP contribution in [0.2, 0.25) is 0 Å². The molecule has 1 aromatic rings. The molecule has 0 radical (unpaired) electrons. The molecule has 0 spiro atoms. The summed E-state index contributed by atoms with van der Waals surface area (Å²) in [7, 11) is -3.61. The van der Waals surface area contributed by atoms with Gasteiger partial charge in [0.1, 0.15) is 0 Å². The number of hydrogen-bond donors (Lipinski definition) is 3. The second kappa shape index (κ2) is 5.68. The van der Waals surface area contributed by atoms with E-state index in [4.69, 9.17) is 0 Å². The Morgan fingerprint density at radius 3 is 2.86 bits per heavy atom. The lowest BCUT2D eigenvalue weighted by molar-refractivity contribution is -0.115. The van der Waals surface area contributed by atoms with E-state index in [0.717, 1.165) is 19.4 Å². The fraction of sp³-hybridized carbons (Fsp3) is 0.462. The van der Waals surface area contributed by atoms with Gasteiger partial charge in [0.2, 0.25) is 15.9 Å². The highest BCUT2D eigenvalue weighted by molar-refractivity contribution is 9.10. The first-order valence-corrected chi connectivity index (χ1v) is 9.08. The van der Waals surface area contributed by atoms with E-state index in [2.05, 4.69) is 31.3 Å². The van der Waals surface area contributed by atoms with Gasteiger partial charge in [0.25, 0.3) is 0 Å². The summed E-state index contributed by atoms with van der Waals surface area (Å²) in [6.07, 6.45) is 2.00. The van der Waals surface area contributed by atoms with E-state index in [1.165, 1.54) is 0 Å². The number of benzene rings is 1. The molecule has 1 fully saturated rings. The zero-order chi connectivity index (χ0) is 15.0. The van der Waals surface area contributed by atoms with Crippen LogP contribution in [-0.2, 0) is 21.2 Å². The summed E-state index contributed by atoms with van der Waals surface area (Å²) in [6, 6.07) is 3.12. The summed E-state index contributed by atoms with van der Waals surface area (Å²) < 4.78 is 28.2. The molecule has 2 heterocycles. The van der Waals surface area contributed by atoms with Crippen LogP contribution in [-0.4, -0.2) is 33.5 Å². The van der Waals surface area contributed by atoms with Gasteiger partial charge >= 0.3 is 0 Å². The number of fused-ring (bicyclic) bond motifs is 1. The van der Waals surface area contributed by atoms with Gasteiger partial charge in [0, 0.05) is 22.7 Å². The third-order valence-electron chi connectivity index (χ3n) is 3.69. The number of carbonyl (C=O) groups is 1. The molecule has 3 N–H and O–H groups in total. The standard InChI is InChI=1S/C13H16BrN3O3S/c14-10-6-11-8(5-13(18)16-11)4-12(10)21(19,20)17-9-2-1-3-15-7-9/h4,6,9,15,17H,1-3,5,7H2,(H,16,18). The predicted molar refractivity (Wildman–Crippen MR) is 82.7 cm³/mol. The van der Waals surface area contributed by atoms with Crippen molar-refractivity contribution in [3.63, 3.8) is 0 Å². The quantitative estimate of drug-likeness (QED) is 0.736. The summed E-state index contributed by atoms with van der Waals surface area (Å²) in [4.78, 5) is 11.6. The van der Waals surface area contributed by atoms with Crippen LogP contribution in [0.5, 0.6) is 0 Å². The molecule has 6 nitrogen and oxygen atoms in total. The molecule has 0 saturated carbocycles. The maximum absolute atomic E-state index is 12.5. The number of sulfonamides is 1. The van der Waals surface area contributed by atoms with Crippen molar-refractivity contribution in [3.8, 4) is 0 Å². The van der Waals surface area contributed by atoms with Gasteiger partial charge < -0.3 is 10.6 Å². The van der Waals surface area contributed by atoms with Crippen LogP contribution in [0.4, 0.5) is 5.69 Å². The number of piperidine rings is 1. The monoisotopic (exact) mass is 373 g/mol. The maximum atomic E-state index is 12.5. The molecule has 1 unspecified atom stereocenters. The van der Waals surface area contributed by atoms with Crippen LogP contribution in [0.15, 0.2) is 21.5 Å². The number of nitrogens with one attached hydrogen (secondary N) is 3. The fourth-order valence-corrected chi connectivity index (χ4v) is 5.03. The first-order chi connectivity index (χ1) is 9.95. The smallest absolute Gasteiger partial charge is 0.241 e. The Morgan fingerprint density at radius 1 is 1.33 bits per heavy atom. The topological polar surface area (TPSA) is 87.3 Å². The number of rotatable bonds is 3. The third kappa shape index (κ3) is 3.13. The van der Waals surface area contributed by atoms with Crippen molar-refractivity contribution in [2.45, 2.75) is 30.2 Å². The van der Waals surface area contributed by atoms with Gasteiger partial charge in [0.15, 0.2) is 0 Å². The van der Waals surface area contributed by atoms with E-state index in [1.54, 1.807) is 12.1 Å². The van der Waals surface area contributed by atoms with Crippen molar-refractivity contribution in [1.29, 1.82) is 0 Å². The summed E-state index contributed by atoms with van der Waals surface area (Å²) in [6.45, 7) is 1.57. The lowest BCUT2D eigenvalue weighted by Gasteiger charge is -2.24. The second-order valence-corrected chi connectivity index (χ2v) is 7.87. The summed E-state index contributed by atoms with van der Waals surface area (Å²) in [5.41, 5.74) is 1.38. The number of halogens is 1. The van der Waals surface area contributed by atoms with E-state index in [0.29, 0.717) is 22.3 Å². The average molecular weight is 374 g/mol. The molecular formula is C13H16BrN3O3S. The normalized spacial score (nSPS) is 22.0. The molecule has 8 heteroatoms. The van der Waals surface area contributed by atoms with Crippen LogP contribution < -0.4 is 15.4 Å². The molecule has 0 bridgehead atoms. The minimum Gasteiger partial charge on any atom is -0.325 e. The largest absolute Gasteiger partial charge is 0.325 e. The summed E-state index contributed by atoms with van der Waals surface area (Å²) in [5.74, 6) is -0.115. The number of carbonyl (C=O) groups excluding carboxylic acids is 1. The molecular weight excluding hydrogens is 358 g/mol. The molecule has 1 saturated heterocycles. The molecule has 3 rings (SSSR count). The Morgan fingerprint density at radius 2 is 2.14 bits per heavy atom. The zero-order valence-electron chi connectivity index (χ0n) is 11.3. The van der Waals surface area contributed by atoms with E-state index in [-0.39, 0.29) is 23.3 Å². The van der Waals surface area contributed by atoms with Gasteiger partial charge in [-0.3, -0.25) is 4.79 Å². The Balaban J connectivity index is 1.88. The van der Waals surface area contributed by atoms with Gasteiger partial charge in [-0.15, -0.1) is 0 Å². The Bertz CT molecular complexity index is 684. The zero-order valence-corrected chi connectivity index (χ0v) is 13.7. The summed E-state index contributed by atoms with van der Waals surface area (Å²) in [5, 5.41) is 5.88. The Hall–Kier alpha value is -0.960. The minimum absolute atomic E-state index is 0.0938. The van der Waals surface area contributed by atoms with Crippen LogP contribution in [0, 0.1) is 0 Å². The molecule has 1 atom stereocenters.